The number of hydrogen-bond donors (Lipinski definition) is 1. The second-order valence-electron chi connectivity index (χ2n) is 8.66. The molecule has 4 rings (SSSR count). The monoisotopic (exact) mass is 493 g/mol. The molecule has 9 nitrogen and oxygen atoms in total. The number of benzene rings is 1. The van der Waals surface area contributed by atoms with E-state index in [0.29, 0.717) is 62.6 Å². The fourth-order valence-corrected chi connectivity index (χ4v) is 4.48. The molecule has 0 saturated carbocycles. The summed E-state index contributed by atoms with van der Waals surface area (Å²) in [6.07, 6.45) is 5.52. The van der Waals surface area contributed by atoms with E-state index < -0.39 is 5.97 Å². The summed E-state index contributed by atoms with van der Waals surface area (Å²) in [6, 6.07) is 10.6. The van der Waals surface area contributed by atoms with Crippen molar-refractivity contribution >= 4 is 5.97 Å². The van der Waals surface area contributed by atoms with Crippen LogP contribution < -0.4 is 15.0 Å². The Morgan fingerprint density at radius 1 is 1.08 bits per heavy atom. The van der Waals surface area contributed by atoms with Gasteiger partial charge in [0, 0.05) is 56.8 Å². The van der Waals surface area contributed by atoms with Crippen molar-refractivity contribution in [3.63, 3.8) is 0 Å². The molecule has 0 saturated heterocycles. The Balaban J connectivity index is 1.50. The van der Waals surface area contributed by atoms with E-state index in [1.807, 2.05) is 24.4 Å². The Kier molecular flexibility index (Phi) is 8.22. The van der Waals surface area contributed by atoms with Gasteiger partial charge in [0.1, 0.15) is 11.3 Å². The van der Waals surface area contributed by atoms with E-state index in [0.717, 1.165) is 17.5 Å². The standard InChI is InChI=1S/C27H31N3O6/c1-34-23-8-7-20(15-22(23)31)18-29-11-9-21-26(27(33)35-2)24(16-25(32)30(21)13-12-29)36-14-4-6-19-5-3-10-28-17-19/h3,5,7-8,10,15-17,31H,4,6,9,11-14,18H2,1-2H3. The molecule has 0 radical (unpaired) electrons. The number of hydrogen-bond acceptors (Lipinski definition) is 8. The third-order valence-electron chi connectivity index (χ3n) is 6.32. The van der Waals surface area contributed by atoms with Gasteiger partial charge in [-0.2, -0.15) is 0 Å². The van der Waals surface area contributed by atoms with Crippen LogP contribution in [0.2, 0.25) is 0 Å². The highest BCUT2D eigenvalue weighted by Gasteiger charge is 2.26. The molecule has 0 aliphatic carbocycles. The zero-order valence-electron chi connectivity index (χ0n) is 20.6. The summed E-state index contributed by atoms with van der Waals surface area (Å²) in [5.41, 5.74) is 2.75. The minimum absolute atomic E-state index is 0.0858. The van der Waals surface area contributed by atoms with Gasteiger partial charge in [-0.1, -0.05) is 12.1 Å². The maximum Gasteiger partial charge on any atom is 0.343 e. The molecule has 0 spiro atoms. The largest absolute Gasteiger partial charge is 0.504 e. The number of carbonyl (C=O) groups excluding carboxylic acids is 1. The molecule has 3 aromatic rings. The van der Waals surface area contributed by atoms with Gasteiger partial charge in [0.15, 0.2) is 11.5 Å². The summed E-state index contributed by atoms with van der Waals surface area (Å²) < 4.78 is 17.8. The van der Waals surface area contributed by atoms with Crippen molar-refractivity contribution < 1.29 is 24.1 Å². The average molecular weight is 494 g/mol. The molecular weight excluding hydrogens is 462 g/mol. The van der Waals surface area contributed by atoms with Crippen molar-refractivity contribution in [1.82, 2.24) is 14.5 Å². The summed E-state index contributed by atoms with van der Waals surface area (Å²) in [5, 5.41) is 10.1. The molecule has 3 heterocycles. The van der Waals surface area contributed by atoms with Gasteiger partial charge in [0.2, 0.25) is 0 Å². The zero-order valence-corrected chi connectivity index (χ0v) is 20.6. The van der Waals surface area contributed by atoms with Crippen LogP contribution >= 0.6 is 0 Å². The molecule has 0 unspecified atom stereocenters. The van der Waals surface area contributed by atoms with Gasteiger partial charge in [-0.15, -0.1) is 0 Å². The predicted octanol–water partition coefficient (Wildman–Crippen LogP) is 2.81. The predicted molar refractivity (Wildman–Crippen MR) is 134 cm³/mol. The summed E-state index contributed by atoms with van der Waals surface area (Å²) in [4.78, 5) is 32.1. The van der Waals surface area contributed by atoms with Crippen LogP contribution in [-0.4, -0.2) is 59.4 Å². The molecule has 0 atom stereocenters. The first kappa shape index (κ1) is 25.2. The van der Waals surface area contributed by atoms with Crippen molar-refractivity contribution in [2.75, 3.05) is 33.9 Å². The van der Waals surface area contributed by atoms with Gasteiger partial charge in [0.25, 0.3) is 5.56 Å². The summed E-state index contributed by atoms with van der Waals surface area (Å²) in [6.45, 7) is 2.62. The number of aryl methyl sites for hydroxylation is 1. The second kappa shape index (κ2) is 11.7. The van der Waals surface area contributed by atoms with Crippen LogP contribution in [0.5, 0.6) is 17.2 Å². The molecular formula is C27H31N3O6. The Morgan fingerprint density at radius 2 is 1.94 bits per heavy atom. The lowest BCUT2D eigenvalue weighted by Gasteiger charge is -2.19. The third-order valence-corrected chi connectivity index (χ3v) is 6.32. The van der Waals surface area contributed by atoms with E-state index in [-0.39, 0.29) is 17.1 Å². The number of ether oxygens (including phenoxy) is 3. The van der Waals surface area contributed by atoms with E-state index in [9.17, 15) is 14.7 Å². The van der Waals surface area contributed by atoms with Gasteiger partial charge in [-0.3, -0.25) is 14.7 Å². The van der Waals surface area contributed by atoms with Gasteiger partial charge in [0.05, 0.1) is 20.8 Å². The number of fused-ring (bicyclic) bond motifs is 1. The van der Waals surface area contributed by atoms with Crippen LogP contribution in [-0.2, 0) is 30.7 Å². The molecule has 0 fully saturated rings. The molecule has 0 bridgehead atoms. The molecule has 9 heteroatoms. The highest BCUT2D eigenvalue weighted by Crippen LogP contribution is 2.28. The summed E-state index contributed by atoms with van der Waals surface area (Å²) in [7, 11) is 2.84. The topological polar surface area (TPSA) is 103 Å². The van der Waals surface area contributed by atoms with Crippen molar-refractivity contribution in [1.29, 1.82) is 0 Å². The SMILES string of the molecule is COC(=O)c1c(OCCCc2cccnc2)cc(=O)n2c1CCN(Cc1ccc(OC)c(O)c1)CC2. The molecule has 2 aromatic heterocycles. The number of phenols is 1. The minimum atomic E-state index is -0.519. The molecule has 1 aliphatic rings. The number of aromatic hydroxyl groups is 1. The number of carbonyl (C=O) groups is 1. The van der Waals surface area contributed by atoms with E-state index in [2.05, 4.69) is 9.88 Å². The number of methoxy groups -OCH3 is 2. The van der Waals surface area contributed by atoms with Crippen LogP contribution in [0.4, 0.5) is 0 Å². The number of rotatable bonds is 9. The lowest BCUT2D eigenvalue weighted by Crippen LogP contribution is -2.29. The third kappa shape index (κ3) is 5.85. The summed E-state index contributed by atoms with van der Waals surface area (Å²) in [5.74, 6) is 0.249. The fraction of sp³-hybridized carbons (Fsp3) is 0.370. The molecule has 0 amide bonds. The second-order valence-corrected chi connectivity index (χ2v) is 8.66. The highest BCUT2D eigenvalue weighted by atomic mass is 16.5. The first-order valence-corrected chi connectivity index (χ1v) is 11.9. The van der Waals surface area contributed by atoms with Crippen molar-refractivity contribution in [3.05, 3.63) is 81.5 Å². The van der Waals surface area contributed by atoms with Gasteiger partial charge < -0.3 is 23.9 Å². The van der Waals surface area contributed by atoms with Gasteiger partial charge in [-0.05, 0) is 42.2 Å². The van der Waals surface area contributed by atoms with Crippen molar-refractivity contribution in [3.8, 4) is 17.2 Å². The van der Waals surface area contributed by atoms with E-state index >= 15 is 0 Å². The molecule has 190 valence electrons. The molecule has 36 heavy (non-hydrogen) atoms. The Bertz CT molecular complexity index is 1260. The lowest BCUT2D eigenvalue weighted by molar-refractivity contribution is 0.0593. The smallest absolute Gasteiger partial charge is 0.343 e. The Morgan fingerprint density at radius 3 is 2.67 bits per heavy atom. The highest BCUT2D eigenvalue weighted by molar-refractivity contribution is 5.93. The normalized spacial score (nSPS) is 13.5. The minimum Gasteiger partial charge on any atom is -0.504 e. The fourth-order valence-electron chi connectivity index (χ4n) is 4.48. The number of phenolic OH excluding ortho intramolecular Hbond substituents is 1. The van der Waals surface area contributed by atoms with Crippen LogP contribution in [0.1, 0.15) is 33.6 Å². The van der Waals surface area contributed by atoms with Crippen LogP contribution in [0, 0.1) is 0 Å². The number of esters is 1. The van der Waals surface area contributed by atoms with E-state index in [4.69, 9.17) is 14.2 Å². The maximum atomic E-state index is 13.0. The quantitative estimate of drug-likeness (QED) is 0.359. The van der Waals surface area contributed by atoms with Crippen molar-refractivity contribution in [2.24, 2.45) is 0 Å². The number of nitrogens with zero attached hydrogens (tertiary/aromatic N) is 3. The Labute approximate surface area is 209 Å². The van der Waals surface area contributed by atoms with Gasteiger partial charge in [-0.25, -0.2) is 4.79 Å². The Hall–Kier alpha value is -3.85. The molecule has 1 aliphatic heterocycles. The first-order chi connectivity index (χ1) is 17.5. The van der Waals surface area contributed by atoms with E-state index in [1.54, 1.807) is 22.9 Å². The van der Waals surface area contributed by atoms with E-state index in [1.165, 1.54) is 20.3 Å². The number of aromatic nitrogens is 2. The molecule has 1 aromatic carbocycles. The zero-order chi connectivity index (χ0) is 25.5. The van der Waals surface area contributed by atoms with Crippen LogP contribution in [0.3, 0.4) is 0 Å². The van der Waals surface area contributed by atoms with Crippen LogP contribution in [0.25, 0.3) is 0 Å². The van der Waals surface area contributed by atoms with Crippen molar-refractivity contribution in [2.45, 2.75) is 32.4 Å². The number of pyridine rings is 2. The lowest BCUT2D eigenvalue weighted by atomic mass is 10.1. The summed E-state index contributed by atoms with van der Waals surface area (Å²) >= 11 is 0. The average Bonchev–Trinajstić information content (AvgIpc) is 3.10. The molecule has 1 N–H and O–H groups in total. The maximum absolute atomic E-state index is 13.0. The van der Waals surface area contributed by atoms with Gasteiger partial charge >= 0.3 is 5.97 Å². The van der Waals surface area contributed by atoms with Crippen LogP contribution in [0.15, 0.2) is 53.6 Å². The first-order valence-electron chi connectivity index (χ1n) is 11.9.